The van der Waals surface area contributed by atoms with Crippen molar-refractivity contribution in [3.63, 3.8) is 0 Å². The number of aryl methyl sites for hydroxylation is 2. The highest BCUT2D eigenvalue weighted by Crippen LogP contribution is 2.55. The van der Waals surface area contributed by atoms with Crippen LogP contribution in [-0.2, 0) is 16.6 Å². The Morgan fingerprint density at radius 3 is 2.68 bits per heavy atom. The number of ether oxygens (including phenoxy) is 1. The Labute approximate surface area is 179 Å². The molecule has 1 amide bonds. The van der Waals surface area contributed by atoms with Crippen molar-refractivity contribution in [2.24, 2.45) is 5.92 Å². The van der Waals surface area contributed by atoms with Crippen LogP contribution in [0.5, 0.6) is 5.75 Å². The average molecular weight is 423 g/mol. The van der Waals surface area contributed by atoms with E-state index in [0.717, 1.165) is 11.3 Å². The molecule has 0 bridgehead atoms. The van der Waals surface area contributed by atoms with Crippen LogP contribution in [0.15, 0.2) is 54.7 Å². The molecule has 0 saturated heterocycles. The van der Waals surface area contributed by atoms with E-state index in [4.69, 9.17) is 4.74 Å². The highest BCUT2D eigenvalue weighted by Gasteiger charge is 2.60. The summed E-state index contributed by atoms with van der Waals surface area (Å²) in [5.74, 6) is -0.149. The molecule has 31 heavy (non-hydrogen) atoms. The van der Waals surface area contributed by atoms with E-state index >= 15 is 0 Å². The predicted octanol–water partition coefficient (Wildman–Crippen LogP) is 4.60. The number of carbonyl (C=O) groups excluding carboxylic acids is 1. The predicted molar refractivity (Wildman–Crippen MR) is 113 cm³/mol. The van der Waals surface area contributed by atoms with Gasteiger partial charge in [0.1, 0.15) is 17.5 Å². The fourth-order valence-electron chi connectivity index (χ4n) is 3.87. The molecule has 160 valence electrons. The third-order valence-corrected chi connectivity index (χ3v) is 5.67. The number of nitrogens with zero attached hydrogens (tertiary/aromatic N) is 2. The molecule has 0 radical (unpaired) electrons. The Hall–Kier alpha value is -3.35. The number of nitrogens with one attached hydrogen (secondary N) is 1. The molecule has 1 aliphatic carbocycles. The minimum atomic E-state index is -0.610. The van der Waals surface area contributed by atoms with Gasteiger partial charge in [0.05, 0.1) is 24.4 Å². The normalized spacial score (nSPS) is 19.7. The smallest absolute Gasteiger partial charge is 0.228 e. The first-order valence-corrected chi connectivity index (χ1v) is 10.2. The van der Waals surface area contributed by atoms with E-state index in [9.17, 15) is 13.6 Å². The van der Waals surface area contributed by atoms with Gasteiger partial charge in [0.2, 0.25) is 5.91 Å². The summed E-state index contributed by atoms with van der Waals surface area (Å²) in [5.41, 5.74) is 1.40. The summed E-state index contributed by atoms with van der Waals surface area (Å²) < 4.78 is 33.1. The zero-order chi connectivity index (χ0) is 22.0. The van der Waals surface area contributed by atoms with Gasteiger partial charge in [-0.05, 0) is 55.7 Å². The second kappa shape index (κ2) is 8.41. The summed E-state index contributed by atoms with van der Waals surface area (Å²) in [4.78, 5) is 21.6. The Balaban J connectivity index is 1.57. The van der Waals surface area contributed by atoms with Gasteiger partial charge in [-0.15, -0.1) is 0 Å². The molecule has 2 atom stereocenters. The van der Waals surface area contributed by atoms with Crippen LogP contribution in [0.25, 0.3) is 0 Å². The third kappa shape index (κ3) is 4.40. The first kappa shape index (κ1) is 20.9. The van der Waals surface area contributed by atoms with Crippen molar-refractivity contribution >= 4 is 11.6 Å². The number of halogens is 2. The van der Waals surface area contributed by atoms with E-state index in [-0.39, 0.29) is 18.3 Å². The molecule has 0 spiro atoms. The first-order chi connectivity index (χ1) is 14.9. The molecule has 0 unspecified atom stereocenters. The molecule has 1 fully saturated rings. The Morgan fingerprint density at radius 2 is 1.97 bits per heavy atom. The summed E-state index contributed by atoms with van der Waals surface area (Å²) in [5, 5.41) is 2.78. The van der Waals surface area contributed by atoms with Crippen LogP contribution in [0.4, 0.5) is 14.5 Å². The van der Waals surface area contributed by atoms with Crippen LogP contribution in [-0.4, -0.2) is 22.5 Å². The molecule has 5 nitrogen and oxygen atoms in total. The fourth-order valence-corrected chi connectivity index (χ4v) is 3.87. The van der Waals surface area contributed by atoms with Crippen molar-refractivity contribution in [2.75, 3.05) is 11.9 Å². The van der Waals surface area contributed by atoms with Crippen molar-refractivity contribution in [1.29, 1.82) is 0 Å². The van der Waals surface area contributed by atoms with Crippen LogP contribution in [0.1, 0.15) is 30.4 Å². The van der Waals surface area contributed by atoms with Gasteiger partial charge in [0, 0.05) is 11.1 Å². The van der Waals surface area contributed by atoms with Crippen molar-refractivity contribution < 1.29 is 18.3 Å². The van der Waals surface area contributed by atoms with Crippen LogP contribution >= 0.6 is 0 Å². The molecule has 1 saturated carbocycles. The van der Waals surface area contributed by atoms with E-state index in [1.807, 2.05) is 13.8 Å². The number of benzene rings is 2. The molecule has 1 aliphatic rings. The van der Waals surface area contributed by atoms with Crippen LogP contribution < -0.4 is 10.1 Å². The molecule has 1 N–H and O–H groups in total. The highest BCUT2D eigenvalue weighted by atomic mass is 19.1. The number of anilines is 1. The second-order valence-corrected chi connectivity index (χ2v) is 7.79. The van der Waals surface area contributed by atoms with Gasteiger partial charge in [-0.25, -0.2) is 18.7 Å². The minimum absolute atomic E-state index is 0.222. The van der Waals surface area contributed by atoms with Gasteiger partial charge >= 0.3 is 0 Å². The summed E-state index contributed by atoms with van der Waals surface area (Å²) >= 11 is 0. The van der Waals surface area contributed by atoms with Crippen molar-refractivity contribution in [3.8, 4) is 5.75 Å². The van der Waals surface area contributed by atoms with Gasteiger partial charge in [-0.1, -0.05) is 25.1 Å². The zero-order valence-electron chi connectivity index (χ0n) is 17.4. The standard InChI is InChI=1S/C24H23F2N3O2/c1-3-21-22(13-27-15(2)28-21)31-14-24(16-7-9-17(25)10-8-16)12-20(24)23(30)29-19-6-4-5-18(26)11-19/h4-11,13,20H,3,12,14H2,1-2H3,(H,29,30)/t20-,24+/m0/s1. The monoisotopic (exact) mass is 423 g/mol. The number of carbonyl (C=O) groups is 1. The summed E-state index contributed by atoms with van der Waals surface area (Å²) in [7, 11) is 0. The Morgan fingerprint density at radius 1 is 1.19 bits per heavy atom. The molecule has 4 rings (SSSR count). The molecule has 2 aromatic carbocycles. The van der Waals surface area contributed by atoms with Crippen molar-refractivity contribution in [3.05, 3.63) is 83.4 Å². The first-order valence-electron chi connectivity index (χ1n) is 10.2. The molecular formula is C24H23F2N3O2. The number of rotatable bonds is 7. The zero-order valence-corrected chi connectivity index (χ0v) is 17.4. The Kier molecular flexibility index (Phi) is 5.67. The van der Waals surface area contributed by atoms with Gasteiger partial charge in [0.15, 0.2) is 5.75 Å². The number of hydrogen-bond acceptors (Lipinski definition) is 4. The Bertz CT molecular complexity index is 1100. The van der Waals surface area contributed by atoms with Gasteiger partial charge in [-0.2, -0.15) is 0 Å². The van der Waals surface area contributed by atoms with Gasteiger partial charge in [-0.3, -0.25) is 4.79 Å². The van der Waals surface area contributed by atoms with E-state index in [2.05, 4.69) is 15.3 Å². The summed E-state index contributed by atoms with van der Waals surface area (Å²) in [6.45, 7) is 4.02. The maximum absolute atomic E-state index is 13.5. The summed E-state index contributed by atoms with van der Waals surface area (Å²) in [6.07, 6.45) is 2.86. The lowest BCUT2D eigenvalue weighted by atomic mass is 9.93. The quantitative estimate of drug-likeness (QED) is 0.603. The molecule has 1 aromatic heterocycles. The number of aromatic nitrogens is 2. The number of amides is 1. The molecule has 7 heteroatoms. The number of hydrogen-bond donors (Lipinski definition) is 1. The van der Waals surface area contributed by atoms with E-state index in [0.29, 0.717) is 30.1 Å². The van der Waals surface area contributed by atoms with Gasteiger partial charge < -0.3 is 10.1 Å². The highest BCUT2D eigenvalue weighted by molar-refractivity contribution is 5.96. The fraction of sp³-hybridized carbons (Fsp3) is 0.292. The SMILES string of the molecule is CCc1nc(C)ncc1OC[C@@]1(c2ccc(F)cc2)C[C@H]1C(=O)Nc1cccc(F)c1. The topological polar surface area (TPSA) is 64.1 Å². The second-order valence-electron chi connectivity index (χ2n) is 7.79. The van der Waals surface area contributed by atoms with E-state index < -0.39 is 17.2 Å². The maximum Gasteiger partial charge on any atom is 0.228 e. The van der Waals surface area contributed by atoms with Crippen molar-refractivity contribution in [2.45, 2.75) is 32.1 Å². The van der Waals surface area contributed by atoms with E-state index in [1.165, 1.54) is 30.3 Å². The van der Waals surface area contributed by atoms with Crippen LogP contribution in [0, 0.1) is 24.5 Å². The average Bonchev–Trinajstić information content (AvgIpc) is 3.49. The van der Waals surface area contributed by atoms with Crippen molar-refractivity contribution in [1.82, 2.24) is 9.97 Å². The minimum Gasteiger partial charge on any atom is -0.489 e. The lowest BCUT2D eigenvalue weighted by Gasteiger charge is -2.20. The molecule has 1 heterocycles. The lowest BCUT2D eigenvalue weighted by molar-refractivity contribution is -0.117. The summed E-state index contributed by atoms with van der Waals surface area (Å²) in [6, 6.07) is 11.9. The van der Waals surface area contributed by atoms with Gasteiger partial charge in [0.25, 0.3) is 0 Å². The lowest BCUT2D eigenvalue weighted by Crippen LogP contribution is -2.27. The van der Waals surface area contributed by atoms with Crippen LogP contribution in [0.2, 0.25) is 0 Å². The maximum atomic E-state index is 13.5. The largest absolute Gasteiger partial charge is 0.489 e. The van der Waals surface area contributed by atoms with Crippen LogP contribution in [0.3, 0.4) is 0 Å². The third-order valence-electron chi connectivity index (χ3n) is 5.67. The molecule has 0 aliphatic heterocycles. The molecule has 3 aromatic rings. The molecular weight excluding hydrogens is 400 g/mol. The van der Waals surface area contributed by atoms with E-state index in [1.54, 1.807) is 24.4 Å².